The number of hydrogen-bond donors (Lipinski definition) is 2. The molecule has 3 rings (SSSR count). The first-order valence-corrected chi connectivity index (χ1v) is 9.17. The van der Waals surface area contributed by atoms with Crippen LogP contribution in [-0.4, -0.2) is 28.9 Å². The topological polar surface area (TPSA) is 88.5 Å². The molecule has 11 heteroatoms. The average molecular weight is 444 g/mol. The molecule has 6 nitrogen and oxygen atoms in total. The maximum absolute atomic E-state index is 13.4. The largest absolute Gasteiger partial charge is 0.417 e. The molecule has 0 aliphatic carbocycles. The van der Waals surface area contributed by atoms with Crippen LogP contribution >= 0.6 is 11.6 Å². The molecule has 160 valence electrons. The van der Waals surface area contributed by atoms with E-state index in [0.29, 0.717) is 11.3 Å². The van der Waals surface area contributed by atoms with E-state index >= 15 is 0 Å². The molecule has 0 bridgehead atoms. The summed E-state index contributed by atoms with van der Waals surface area (Å²) < 4.78 is 52.6. The van der Waals surface area contributed by atoms with Gasteiger partial charge in [0, 0.05) is 24.2 Å². The Bertz CT molecular complexity index is 1020. The number of pyridine rings is 1. The molecule has 0 radical (unpaired) electrons. The van der Waals surface area contributed by atoms with E-state index in [1.54, 1.807) is 6.92 Å². The molecular weight excluding hydrogens is 426 g/mol. The highest BCUT2D eigenvalue weighted by molar-refractivity contribution is 6.31. The Balaban J connectivity index is 1.81. The van der Waals surface area contributed by atoms with E-state index in [0.717, 1.165) is 18.3 Å². The summed E-state index contributed by atoms with van der Waals surface area (Å²) in [6, 6.07) is 4.45. The highest BCUT2D eigenvalue weighted by Crippen LogP contribution is 2.35. The van der Waals surface area contributed by atoms with Crippen LogP contribution in [0.3, 0.4) is 0 Å². The molecule has 4 N–H and O–H groups in total. The van der Waals surface area contributed by atoms with Crippen molar-refractivity contribution in [1.29, 1.82) is 0 Å². The van der Waals surface area contributed by atoms with E-state index < -0.39 is 28.5 Å². The minimum Gasteiger partial charge on any atom is -0.399 e. The lowest BCUT2D eigenvalue weighted by atomic mass is 10.1. The standard InChI is InChI=1S/C19H18ClF4N5O/c1-10-6-17(27-8-14(10)21)29(26)16-4-5-28(9-15(16)25)18(30)11-2-3-13(20)12(7-11)19(22,23)24/h2-3,6-8H,4-5,9,25-26H2,1H3. The predicted molar refractivity (Wildman–Crippen MR) is 104 cm³/mol. The van der Waals surface area contributed by atoms with Crippen molar-refractivity contribution in [2.75, 3.05) is 18.1 Å². The van der Waals surface area contributed by atoms with E-state index in [1.165, 1.54) is 22.0 Å². The van der Waals surface area contributed by atoms with Gasteiger partial charge in [-0.15, -0.1) is 0 Å². The molecule has 30 heavy (non-hydrogen) atoms. The van der Waals surface area contributed by atoms with Crippen molar-refractivity contribution in [3.63, 3.8) is 0 Å². The van der Waals surface area contributed by atoms with Crippen LogP contribution in [0.1, 0.15) is 27.9 Å². The molecule has 2 aromatic rings. The highest BCUT2D eigenvalue weighted by atomic mass is 35.5. The van der Waals surface area contributed by atoms with Crippen LogP contribution in [0.25, 0.3) is 0 Å². The van der Waals surface area contributed by atoms with Crippen molar-refractivity contribution in [3.05, 3.63) is 69.4 Å². The SMILES string of the molecule is Cc1cc(N(N)C2=C(N)CN(C(=O)c3ccc(Cl)c(C(F)(F)F)c3)CC2)ncc1F. The number of carbonyl (C=O) groups excluding carboxylic acids is 1. The average Bonchev–Trinajstić information content (AvgIpc) is 2.68. The minimum atomic E-state index is -4.68. The molecule has 0 spiro atoms. The number of nitrogens with zero attached hydrogens (tertiary/aromatic N) is 3. The molecule has 1 aliphatic rings. The number of nitrogens with two attached hydrogens (primary N) is 2. The Hall–Kier alpha value is -2.85. The molecule has 1 aromatic carbocycles. The maximum Gasteiger partial charge on any atom is 0.417 e. The third-order valence-electron chi connectivity index (χ3n) is 4.73. The molecule has 1 aliphatic heterocycles. The first-order valence-electron chi connectivity index (χ1n) is 8.79. The van der Waals surface area contributed by atoms with Crippen LogP contribution in [0.2, 0.25) is 5.02 Å². The van der Waals surface area contributed by atoms with Crippen molar-refractivity contribution in [2.45, 2.75) is 19.5 Å². The van der Waals surface area contributed by atoms with Gasteiger partial charge < -0.3 is 10.6 Å². The Morgan fingerprint density at radius 1 is 1.30 bits per heavy atom. The van der Waals surface area contributed by atoms with E-state index in [9.17, 15) is 22.4 Å². The van der Waals surface area contributed by atoms with E-state index in [-0.39, 0.29) is 36.6 Å². The monoisotopic (exact) mass is 443 g/mol. The zero-order chi connectivity index (χ0) is 22.2. The Kier molecular flexibility index (Phi) is 5.91. The summed E-state index contributed by atoms with van der Waals surface area (Å²) in [6.45, 7) is 1.70. The smallest absolute Gasteiger partial charge is 0.399 e. The normalized spacial score (nSPS) is 14.8. The second kappa shape index (κ2) is 8.11. The molecule has 0 unspecified atom stereocenters. The van der Waals surface area contributed by atoms with Gasteiger partial charge in [-0.25, -0.2) is 15.2 Å². The van der Waals surface area contributed by atoms with Crippen LogP contribution < -0.4 is 16.6 Å². The van der Waals surface area contributed by atoms with Gasteiger partial charge in [0.1, 0.15) is 11.6 Å². The van der Waals surface area contributed by atoms with Gasteiger partial charge >= 0.3 is 6.18 Å². The van der Waals surface area contributed by atoms with Gasteiger partial charge in [0.25, 0.3) is 5.91 Å². The first kappa shape index (κ1) is 21.8. The summed E-state index contributed by atoms with van der Waals surface area (Å²) in [6.07, 6.45) is -3.40. The number of alkyl halides is 3. The van der Waals surface area contributed by atoms with Crippen molar-refractivity contribution < 1.29 is 22.4 Å². The summed E-state index contributed by atoms with van der Waals surface area (Å²) in [5.41, 5.74) is 5.94. The number of hydrazine groups is 1. The summed E-state index contributed by atoms with van der Waals surface area (Å²) in [4.78, 5) is 17.9. The highest BCUT2D eigenvalue weighted by Gasteiger charge is 2.34. The lowest BCUT2D eigenvalue weighted by molar-refractivity contribution is -0.137. The predicted octanol–water partition coefficient (Wildman–Crippen LogP) is 3.60. The number of rotatable bonds is 3. The van der Waals surface area contributed by atoms with E-state index in [4.69, 9.17) is 23.2 Å². The van der Waals surface area contributed by atoms with Crippen molar-refractivity contribution in [3.8, 4) is 0 Å². The number of carbonyl (C=O) groups is 1. The molecule has 0 atom stereocenters. The van der Waals surface area contributed by atoms with Gasteiger partial charge in [-0.05, 0) is 36.8 Å². The number of benzene rings is 1. The quantitative estimate of drug-likeness (QED) is 0.430. The number of halogens is 5. The minimum absolute atomic E-state index is 0.0357. The van der Waals surface area contributed by atoms with Crippen LogP contribution in [0.4, 0.5) is 23.4 Å². The molecule has 0 fully saturated rings. The zero-order valence-electron chi connectivity index (χ0n) is 15.8. The third-order valence-corrected chi connectivity index (χ3v) is 5.06. The molecule has 2 heterocycles. The van der Waals surface area contributed by atoms with Gasteiger partial charge in [-0.2, -0.15) is 13.2 Å². The summed E-state index contributed by atoms with van der Waals surface area (Å²) in [7, 11) is 0. The van der Waals surface area contributed by atoms with E-state index in [2.05, 4.69) is 4.98 Å². The molecule has 0 saturated carbocycles. The van der Waals surface area contributed by atoms with Gasteiger partial charge in [0.15, 0.2) is 0 Å². The van der Waals surface area contributed by atoms with Crippen LogP contribution in [0, 0.1) is 12.7 Å². The van der Waals surface area contributed by atoms with Crippen molar-refractivity contribution in [1.82, 2.24) is 9.88 Å². The fourth-order valence-electron chi connectivity index (χ4n) is 3.08. The first-order chi connectivity index (χ1) is 14.0. The molecule has 1 amide bonds. The maximum atomic E-state index is 13.4. The van der Waals surface area contributed by atoms with Crippen molar-refractivity contribution >= 4 is 23.3 Å². The summed E-state index contributed by atoms with van der Waals surface area (Å²) in [5.74, 6) is 5.25. The fourth-order valence-corrected chi connectivity index (χ4v) is 3.30. The van der Waals surface area contributed by atoms with Crippen molar-refractivity contribution in [2.24, 2.45) is 11.6 Å². The molecule has 1 aromatic heterocycles. The number of anilines is 1. The lowest BCUT2D eigenvalue weighted by Crippen LogP contribution is -2.44. The number of aryl methyl sites for hydroxylation is 1. The Morgan fingerprint density at radius 2 is 2.00 bits per heavy atom. The summed E-state index contributed by atoms with van der Waals surface area (Å²) in [5, 5.41) is 0.730. The fraction of sp³-hybridized carbons (Fsp3) is 0.263. The van der Waals surface area contributed by atoms with Crippen LogP contribution in [0.5, 0.6) is 0 Å². The van der Waals surface area contributed by atoms with Gasteiger partial charge in [0.05, 0.1) is 29.0 Å². The van der Waals surface area contributed by atoms with E-state index in [1.807, 2.05) is 0 Å². The Labute approximate surface area is 174 Å². The second-order valence-electron chi connectivity index (χ2n) is 6.80. The number of hydrogen-bond acceptors (Lipinski definition) is 5. The van der Waals surface area contributed by atoms with Crippen LogP contribution in [-0.2, 0) is 6.18 Å². The van der Waals surface area contributed by atoms with Crippen LogP contribution in [0.15, 0.2) is 41.9 Å². The summed E-state index contributed by atoms with van der Waals surface area (Å²) >= 11 is 5.61. The second-order valence-corrected chi connectivity index (χ2v) is 7.21. The molecular formula is C19H18ClF4N5O. The number of amides is 1. The lowest BCUT2D eigenvalue weighted by Gasteiger charge is -2.33. The van der Waals surface area contributed by atoms with Gasteiger partial charge in [-0.3, -0.25) is 9.80 Å². The Morgan fingerprint density at radius 3 is 2.60 bits per heavy atom. The van der Waals surface area contributed by atoms with Gasteiger partial charge in [-0.1, -0.05) is 11.6 Å². The van der Waals surface area contributed by atoms with Gasteiger partial charge in [0.2, 0.25) is 0 Å². The zero-order valence-corrected chi connectivity index (χ0v) is 16.6. The number of aromatic nitrogens is 1. The molecule has 0 saturated heterocycles. The third kappa shape index (κ3) is 4.34.